The first-order valence-corrected chi connectivity index (χ1v) is 6.88. The Morgan fingerprint density at radius 2 is 2.26 bits per heavy atom. The number of aromatic nitrogens is 2. The van der Waals surface area contributed by atoms with Gasteiger partial charge in [0.25, 0.3) is 0 Å². The quantitative estimate of drug-likeness (QED) is 0.838. The molecule has 0 aromatic carbocycles. The lowest BCUT2D eigenvalue weighted by Gasteiger charge is -2.29. The average Bonchev–Trinajstić information content (AvgIpc) is 2.80. The van der Waals surface area contributed by atoms with Crippen molar-refractivity contribution in [3.05, 3.63) is 36.3 Å². The van der Waals surface area contributed by atoms with Crippen LogP contribution in [0.5, 0.6) is 0 Å². The van der Waals surface area contributed by atoms with Crippen LogP contribution in [0.25, 0.3) is 5.65 Å². The summed E-state index contributed by atoms with van der Waals surface area (Å²) in [6.07, 6.45) is 4.98. The van der Waals surface area contributed by atoms with Gasteiger partial charge in [0.1, 0.15) is 5.65 Å². The van der Waals surface area contributed by atoms with Gasteiger partial charge in [-0.3, -0.25) is 0 Å². The predicted molar refractivity (Wildman–Crippen MR) is 77.0 cm³/mol. The maximum atomic E-state index is 10.3. The summed E-state index contributed by atoms with van der Waals surface area (Å²) < 4.78 is 2.00. The third-order valence-corrected chi connectivity index (χ3v) is 3.88. The number of imidazole rings is 1. The van der Waals surface area contributed by atoms with E-state index in [1.54, 1.807) is 0 Å². The number of fused-ring (bicyclic) bond motifs is 1. The first-order chi connectivity index (χ1) is 9.03. The van der Waals surface area contributed by atoms with Gasteiger partial charge in [-0.15, -0.1) is 0 Å². The van der Waals surface area contributed by atoms with Crippen molar-refractivity contribution in [1.82, 2.24) is 14.7 Å². The first-order valence-electron chi connectivity index (χ1n) is 6.88. The second-order valence-corrected chi connectivity index (χ2v) is 5.47. The fraction of sp³-hybridized carbons (Fsp3) is 0.533. The standard InChI is InChI=1S/C15H23N3O/c1-4-12(2)15(3,19)11-16-9-13-10-18-8-6-5-7-14(18)17-13/h5-8,10,12,16,19H,4,9,11H2,1-3H3. The van der Waals surface area contributed by atoms with E-state index >= 15 is 0 Å². The Hall–Kier alpha value is -1.39. The number of pyridine rings is 1. The van der Waals surface area contributed by atoms with Crippen molar-refractivity contribution in [2.45, 2.75) is 39.3 Å². The highest BCUT2D eigenvalue weighted by atomic mass is 16.3. The Balaban J connectivity index is 1.92. The SMILES string of the molecule is CCC(C)C(C)(O)CNCc1cn2ccccc2n1. The minimum atomic E-state index is -0.673. The molecule has 2 atom stereocenters. The second-order valence-electron chi connectivity index (χ2n) is 5.47. The maximum Gasteiger partial charge on any atom is 0.137 e. The molecular weight excluding hydrogens is 238 g/mol. The molecule has 104 valence electrons. The molecule has 0 aliphatic rings. The first kappa shape index (κ1) is 14.0. The lowest BCUT2D eigenvalue weighted by Crippen LogP contribution is -2.42. The van der Waals surface area contributed by atoms with Crippen LogP contribution >= 0.6 is 0 Å². The molecule has 19 heavy (non-hydrogen) atoms. The summed E-state index contributed by atoms with van der Waals surface area (Å²) in [7, 11) is 0. The Bertz CT molecular complexity index is 500. The van der Waals surface area contributed by atoms with E-state index < -0.39 is 5.60 Å². The van der Waals surface area contributed by atoms with E-state index in [2.05, 4.69) is 24.1 Å². The van der Waals surface area contributed by atoms with E-state index in [-0.39, 0.29) is 5.92 Å². The topological polar surface area (TPSA) is 49.6 Å². The summed E-state index contributed by atoms with van der Waals surface area (Å²) in [5.41, 5.74) is 1.27. The molecular formula is C15H23N3O. The molecule has 0 aliphatic heterocycles. The Kier molecular flexibility index (Phi) is 4.22. The number of nitrogens with zero attached hydrogens (tertiary/aromatic N) is 2. The molecule has 2 aromatic rings. The number of rotatable bonds is 6. The lowest BCUT2D eigenvalue weighted by molar-refractivity contribution is 0.00530. The smallest absolute Gasteiger partial charge is 0.137 e. The molecule has 0 saturated carbocycles. The largest absolute Gasteiger partial charge is 0.389 e. The zero-order valence-electron chi connectivity index (χ0n) is 11.9. The fourth-order valence-electron chi connectivity index (χ4n) is 2.13. The van der Waals surface area contributed by atoms with Crippen LogP contribution < -0.4 is 5.32 Å². The number of nitrogens with one attached hydrogen (secondary N) is 1. The molecule has 4 nitrogen and oxygen atoms in total. The Morgan fingerprint density at radius 3 is 2.95 bits per heavy atom. The highest BCUT2D eigenvalue weighted by Gasteiger charge is 2.26. The fourth-order valence-corrected chi connectivity index (χ4v) is 2.13. The van der Waals surface area contributed by atoms with Gasteiger partial charge in [-0.25, -0.2) is 4.98 Å². The molecule has 0 spiro atoms. The van der Waals surface area contributed by atoms with Gasteiger partial charge in [-0.05, 0) is 25.0 Å². The van der Waals surface area contributed by atoms with Crippen molar-refractivity contribution in [2.75, 3.05) is 6.54 Å². The van der Waals surface area contributed by atoms with E-state index in [1.165, 1.54) is 0 Å². The van der Waals surface area contributed by atoms with Crippen LogP contribution in [0.15, 0.2) is 30.6 Å². The highest BCUT2D eigenvalue weighted by Crippen LogP contribution is 2.18. The third kappa shape index (κ3) is 3.33. The normalized spacial score (nSPS) is 16.4. The van der Waals surface area contributed by atoms with Gasteiger partial charge in [0.2, 0.25) is 0 Å². The zero-order valence-corrected chi connectivity index (χ0v) is 11.9. The van der Waals surface area contributed by atoms with Gasteiger partial charge in [0.05, 0.1) is 11.3 Å². The van der Waals surface area contributed by atoms with Gasteiger partial charge in [-0.2, -0.15) is 0 Å². The molecule has 0 bridgehead atoms. The van der Waals surface area contributed by atoms with E-state index in [1.807, 2.05) is 41.9 Å². The van der Waals surface area contributed by atoms with Crippen LogP contribution in [0.4, 0.5) is 0 Å². The van der Waals surface area contributed by atoms with Crippen molar-refractivity contribution in [3.63, 3.8) is 0 Å². The average molecular weight is 261 g/mol. The minimum absolute atomic E-state index is 0.279. The van der Waals surface area contributed by atoms with Crippen molar-refractivity contribution in [3.8, 4) is 0 Å². The zero-order chi connectivity index (χ0) is 13.9. The summed E-state index contributed by atoms with van der Waals surface area (Å²) in [5, 5.41) is 13.6. The lowest BCUT2D eigenvalue weighted by atomic mass is 9.89. The monoisotopic (exact) mass is 261 g/mol. The van der Waals surface area contributed by atoms with Crippen LogP contribution in [-0.4, -0.2) is 26.6 Å². The molecule has 2 N–H and O–H groups in total. The highest BCUT2D eigenvalue weighted by molar-refractivity contribution is 5.39. The number of hydrogen-bond donors (Lipinski definition) is 2. The predicted octanol–water partition coefficient (Wildman–Crippen LogP) is 2.22. The molecule has 4 heteroatoms. The summed E-state index contributed by atoms with van der Waals surface area (Å²) >= 11 is 0. The molecule has 0 aliphatic carbocycles. The van der Waals surface area contributed by atoms with Gasteiger partial charge < -0.3 is 14.8 Å². The van der Waals surface area contributed by atoms with Crippen molar-refractivity contribution >= 4 is 5.65 Å². The second kappa shape index (κ2) is 5.72. The number of aliphatic hydroxyl groups is 1. The molecule has 2 rings (SSSR count). The minimum Gasteiger partial charge on any atom is -0.389 e. The third-order valence-electron chi connectivity index (χ3n) is 3.88. The molecule has 0 amide bonds. The van der Waals surface area contributed by atoms with Crippen molar-refractivity contribution < 1.29 is 5.11 Å². The Morgan fingerprint density at radius 1 is 1.47 bits per heavy atom. The summed E-state index contributed by atoms with van der Waals surface area (Å²) in [6.45, 7) is 7.32. The van der Waals surface area contributed by atoms with Crippen molar-refractivity contribution in [1.29, 1.82) is 0 Å². The van der Waals surface area contributed by atoms with Gasteiger partial charge in [-0.1, -0.05) is 26.3 Å². The van der Waals surface area contributed by atoms with Gasteiger partial charge in [0, 0.05) is 25.5 Å². The molecule has 0 saturated heterocycles. The molecule has 2 heterocycles. The van der Waals surface area contributed by atoms with Crippen LogP contribution in [0.1, 0.15) is 32.9 Å². The van der Waals surface area contributed by atoms with Gasteiger partial charge >= 0.3 is 0 Å². The van der Waals surface area contributed by atoms with Crippen molar-refractivity contribution in [2.24, 2.45) is 5.92 Å². The van der Waals surface area contributed by atoms with E-state index in [0.717, 1.165) is 17.8 Å². The maximum absolute atomic E-state index is 10.3. The van der Waals surface area contributed by atoms with E-state index in [4.69, 9.17) is 0 Å². The van der Waals surface area contributed by atoms with Crippen LogP contribution in [0.3, 0.4) is 0 Å². The molecule has 2 unspecified atom stereocenters. The molecule has 0 radical (unpaired) electrons. The van der Waals surface area contributed by atoms with Crippen LogP contribution in [0.2, 0.25) is 0 Å². The van der Waals surface area contributed by atoms with Crippen LogP contribution in [0, 0.1) is 5.92 Å². The molecule has 0 fully saturated rings. The molecule has 2 aromatic heterocycles. The Labute approximate surface area is 114 Å². The number of hydrogen-bond acceptors (Lipinski definition) is 3. The van der Waals surface area contributed by atoms with Gasteiger partial charge in [0.15, 0.2) is 0 Å². The van der Waals surface area contributed by atoms with Crippen LogP contribution in [-0.2, 0) is 6.54 Å². The van der Waals surface area contributed by atoms with E-state index in [0.29, 0.717) is 13.1 Å². The summed E-state index contributed by atoms with van der Waals surface area (Å²) in [6, 6.07) is 5.95. The van der Waals surface area contributed by atoms with E-state index in [9.17, 15) is 5.11 Å². The summed E-state index contributed by atoms with van der Waals surface area (Å²) in [4.78, 5) is 4.52. The summed E-state index contributed by atoms with van der Waals surface area (Å²) in [5.74, 6) is 0.279.